The summed E-state index contributed by atoms with van der Waals surface area (Å²) in [5.74, 6) is 0. The molecule has 120 valence electrons. The average molecular weight is 304 g/mol. The predicted molar refractivity (Wildman–Crippen MR) is 85.1 cm³/mol. The normalized spacial score (nSPS) is 13.4. The Hall–Kier alpha value is -1.76. The molecule has 0 aliphatic rings. The van der Waals surface area contributed by atoms with Gasteiger partial charge in [0.2, 0.25) is 0 Å². The highest BCUT2D eigenvalue weighted by Gasteiger charge is 2.18. The molecule has 0 saturated heterocycles. The Balaban J connectivity index is 2.40. The molecule has 2 aromatic rings. The number of nitrogens with two attached hydrogens (primary N) is 1. The van der Waals surface area contributed by atoms with Crippen molar-refractivity contribution >= 4 is 0 Å². The van der Waals surface area contributed by atoms with Gasteiger partial charge in [-0.05, 0) is 11.0 Å². The Bertz CT molecular complexity index is 614. The summed E-state index contributed by atoms with van der Waals surface area (Å²) in [6.45, 7) is 6.62. The molecule has 1 unspecified atom stereocenters. The molecule has 22 heavy (non-hydrogen) atoms. The summed E-state index contributed by atoms with van der Waals surface area (Å²) in [7, 11) is 0. The van der Waals surface area contributed by atoms with Crippen molar-refractivity contribution in [3.05, 3.63) is 35.5 Å². The zero-order valence-electron chi connectivity index (χ0n) is 13.3. The van der Waals surface area contributed by atoms with Gasteiger partial charge >= 0.3 is 0 Å². The van der Waals surface area contributed by atoms with E-state index in [1.54, 1.807) is 4.68 Å². The fourth-order valence-corrected chi connectivity index (χ4v) is 2.32. The quantitative estimate of drug-likeness (QED) is 0.767. The number of benzene rings is 1. The van der Waals surface area contributed by atoms with Gasteiger partial charge in [0, 0.05) is 12.1 Å². The summed E-state index contributed by atoms with van der Waals surface area (Å²) in [6.07, 6.45) is -0.875. The van der Waals surface area contributed by atoms with E-state index in [0.29, 0.717) is 5.69 Å². The number of aliphatic hydroxyl groups is 2. The van der Waals surface area contributed by atoms with Crippen LogP contribution < -0.4 is 5.73 Å². The van der Waals surface area contributed by atoms with E-state index in [1.807, 2.05) is 12.1 Å². The lowest BCUT2D eigenvalue weighted by atomic mass is 9.86. The van der Waals surface area contributed by atoms with Crippen LogP contribution in [0.25, 0.3) is 11.3 Å². The van der Waals surface area contributed by atoms with Crippen LogP contribution in [0.4, 0.5) is 0 Å². The van der Waals surface area contributed by atoms with Gasteiger partial charge in [0.15, 0.2) is 0 Å². The molecule has 0 fully saturated rings. The summed E-state index contributed by atoms with van der Waals surface area (Å²) in [5.41, 5.74) is 9.47. The van der Waals surface area contributed by atoms with Crippen molar-refractivity contribution in [3.8, 4) is 11.3 Å². The van der Waals surface area contributed by atoms with Crippen LogP contribution in [0.2, 0.25) is 0 Å². The molecule has 1 atom stereocenters. The highest BCUT2D eigenvalue weighted by molar-refractivity contribution is 5.62. The molecule has 2 rings (SSSR count). The van der Waals surface area contributed by atoms with E-state index >= 15 is 0 Å². The van der Waals surface area contributed by atoms with Gasteiger partial charge in [0.05, 0.1) is 24.9 Å². The molecular formula is C16H24N4O2. The monoisotopic (exact) mass is 304 g/mol. The van der Waals surface area contributed by atoms with Crippen LogP contribution in [0.3, 0.4) is 0 Å². The second kappa shape index (κ2) is 6.56. The highest BCUT2D eigenvalue weighted by Crippen LogP contribution is 2.27. The molecule has 1 heterocycles. The van der Waals surface area contributed by atoms with Crippen LogP contribution in [0.1, 0.15) is 32.0 Å². The molecule has 0 bridgehead atoms. The van der Waals surface area contributed by atoms with Crippen LogP contribution in [0.15, 0.2) is 24.3 Å². The first-order chi connectivity index (χ1) is 10.4. The van der Waals surface area contributed by atoms with Crippen molar-refractivity contribution in [1.29, 1.82) is 0 Å². The van der Waals surface area contributed by atoms with E-state index in [-0.39, 0.29) is 25.1 Å². The molecule has 6 heteroatoms. The summed E-state index contributed by atoms with van der Waals surface area (Å²) in [4.78, 5) is 0. The maximum Gasteiger partial charge on any atom is 0.104 e. The molecular weight excluding hydrogens is 280 g/mol. The Morgan fingerprint density at radius 1 is 1.23 bits per heavy atom. The second-order valence-electron chi connectivity index (χ2n) is 6.43. The maximum absolute atomic E-state index is 9.65. The van der Waals surface area contributed by atoms with Crippen molar-refractivity contribution in [2.45, 2.75) is 45.4 Å². The van der Waals surface area contributed by atoms with Crippen molar-refractivity contribution in [2.75, 3.05) is 6.61 Å². The first-order valence-corrected chi connectivity index (χ1v) is 7.39. The maximum atomic E-state index is 9.65. The van der Waals surface area contributed by atoms with Crippen LogP contribution in [0, 0.1) is 0 Å². The standard InChI is InChI=1S/C16H24N4O2/c1-16(2,3)12-6-4-11(5-7-12)15-14(8-17)18-19-20(15)9-13(22)10-21/h4-7,13,21-22H,8-10,17H2,1-3H3. The van der Waals surface area contributed by atoms with E-state index in [4.69, 9.17) is 10.8 Å². The highest BCUT2D eigenvalue weighted by atomic mass is 16.3. The van der Waals surface area contributed by atoms with E-state index in [9.17, 15) is 5.11 Å². The SMILES string of the molecule is CC(C)(C)c1ccc(-c2c(CN)nnn2CC(O)CO)cc1. The van der Waals surface area contributed by atoms with Crippen molar-refractivity contribution in [2.24, 2.45) is 5.73 Å². The zero-order valence-corrected chi connectivity index (χ0v) is 13.3. The zero-order chi connectivity index (χ0) is 16.3. The van der Waals surface area contributed by atoms with E-state index < -0.39 is 6.10 Å². The largest absolute Gasteiger partial charge is 0.394 e. The van der Waals surface area contributed by atoms with Gasteiger partial charge in [0.25, 0.3) is 0 Å². The van der Waals surface area contributed by atoms with Crippen LogP contribution in [-0.2, 0) is 18.5 Å². The minimum Gasteiger partial charge on any atom is -0.394 e. The Morgan fingerprint density at radius 3 is 2.36 bits per heavy atom. The fraction of sp³-hybridized carbons (Fsp3) is 0.500. The second-order valence-corrected chi connectivity index (χ2v) is 6.43. The summed E-state index contributed by atoms with van der Waals surface area (Å²) >= 11 is 0. The molecule has 0 amide bonds. The van der Waals surface area contributed by atoms with Gasteiger partial charge in [-0.15, -0.1) is 5.10 Å². The van der Waals surface area contributed by atoms with Crippen molar-refractivity contribution in [3.63, 3.8) is 0 Å². The molecule has 0 saturated carbocycles. The van der Waals surface area contributed by atoms with Gasteiger partial charge < -0.3 is 15.9 Å². The summed E-state index contributed by atoms with van der Waals surface area (Å²) in [5, 5.41) is 26.8. The predicted octanol–water partition coefficient (Wildman–Crippen LogP) is 1.05. The number of rotatable bonds is 5. The Labute approximate surface area is 130 Å². The summed E-state index contributed by atoms with van der Waals surface area (Å²) in [6, 6.07) is 8.19. The van der Waals surface area contributed by atoms with Gasteiger partial charge in [0.1, 0.15) is 5.69 Å². The van der Waals surface area contributed by atoms with Crippen molar-refractivity contribution in [1.82, 2.24) is 15.0 Å². The molecule has 1 aromatic carbocycles. The average Bonchev–Trinajstić information content (AvgIpc) is 2.89. The lowest BCUT2D eigenvalue weighted by Gasteiger charge is -2.19. The van der Waals surface area contributed by atoms with Crippen LogP contribution in [0.5, 0.6) is 0 Å². The first-order valence-electron chi connectivity index (χ1n) is 7.39. The van der Waals surface area contributed by atoms with Gasteiger partial charge in [-0.25, -0.2) is 4.68 Å². The van der Waals surface area contributed by atoms with Crippen molar-refractivity contribution < 1.29 is 10.2 Å². The number of aromatic nitrogens is 3. The molecule has 1 aromatic heterocycles. The Morgan fingerprint density at radius 2 is 1.86 bits per heavy atom. The van der Waals surface area contributed by atoms with Gasteiger partial charge in [-0.2, -0.15) is 0 Å². The fourth-order valence-electron chi connectivity index (χ4n) is 2.32. The minimum absolute atomic E-state index is 0.0841. The Kier molecular flexibility index (Phi) is 4.95. The minimum atomic E-state index is -0.875. The number of hydrogen-bond donors (Lipinski definition) is 3. The molecule has 4 N–H and O–H groups in total. The van der Waals surface area contributed by atoms with Gasteiger partial charge in [-0.3, -0.25) is 0 Å². The molecule has 0 aliphatic carbocycles. The molecule has 6 nitrogen and oxygen atoms in total. The third-order valence-electron chi connectivity index (χ3n) is 3.62. The molecule has 0 aliphatic heterocycles. The number of nitrogens with zero attached hydrogens (tertiary/aromatic N) is 3. The number of aliphatic hydroxyl groups excluding tert-OH is 2. The van der Waals surface area contributed by atoms with Gasteiger partial charge in [-0.1, -0.05) is 50.3 Å². The lowest BCUT2D eigenvalue weighted by molar-refractivity contribution is 0.0782. The summed E-state index contributed by atoms with van der Waals surface area (Å²) < 4.78 is 1.59. The molecule has 0 radical (unpaired) electrons. The lowest BCUT2D eigenvalue weighted by Crippen LogP contribution is -2.21. The topological polar surface area (TPSA) is 97.2 Å². The van der Waals surface area contributed by atoms with E-state index in [0.717, 1.165) is 11.3 Å². The van der Waals surface area contributed by atoms with E-state index in [1.165, 1.54) is 5.56 Å². The number of hydrogen-bond acceptors (Lipinski definition) is 5. The third-order valence-corrected chi connectivity index (χ3v) is 3.62. The first kappa shape index (κ1) is 16.6. The third kappa shape index (κ3) is 3.52. The van der Waals surface area contributed by atoms with Crippen LogP contribution in [-0.4, -0.2) is 37.9 Å². The smallest absolute Gasteiger partial charge is 0.104 e. The van der Waals surface area contributed by atoms with Crippen LogP contribution >= 0.6 is 0 Å². The van der Waals surface area contributed by atoms with E-state index in [2.05, 4.69) is 43.2 Å². The molecule has 0 spiro atoms.